The van der Waals surface area contributed by atoms with Crippen molar-refractivity contribution in [3.8, 4) is 0 Å². The number of nitrogens with one attached hydrogen (secondary N) is 1. The van der Waals surface area contributed by atoms with Gasteiger partial charge in [-0.3, -0.25) is 4.79 Å². The number of ether oxygens (including phenoxy) is 1. The van der Waals surface area contributed by atoms with E-state index in [4.69, 9.17) is 10.1 Å². The van der Waals surface area contributed by atoms with Crippen molar-refractivity contribution in [1.82, 2.24) is 0 Å². The molecule has 0 aromatic rings. The van der Waals surface area contributed by atoms with Crippen LogP contribution in [0, 0.1) is 5.41 Å². The molecule has 0 amide bonds. The summed E-state index contributed by atoms with van der Waals surface area (Å²) in [6, 6.07) is 0. The van der Waals surface area contributed by atoms with E-state index in [2.05, 4.69) is 0 Å². The maximum atomic E-state index is 10.9. The van der Waals surface area contributed by atoms with Gasteiger partial charge in [0.1, 0.15) is 0 Å². The summed E-state index contributed by atoms with van der Waals surface area (Å²) >= 11 is 0. The van der Waals surface area contributed by atoms with Crippen LogP contribution < -0.4 is 0 Å². The number of esters is 1. The molecule has 3 nitrogen and oxygen atoms in total. The summed E-state index contributed by atoms with van der Waals surface area (Å²) in [6.07, 6.45) is 0.912. The number of carbonyl (C=O) groups excluding carboxylic acids is 1. The highest BCUT2D eigenvalue weighted by molar-refractivity contribution is 5.95. The second kappa shape index (κ2) is 4.88. The van der Waals surface area contributed by atoms with E-state index in [1.54, 1.807) is 6.92 Å². The highest BCUT2D eigenvalue weighted by atomic mass is 16.5. The minimum Gasteiger partial charge on any atom is -0.462 e. The number of rotatable bonds is 4. The Hall–Kier alpha value is -0.860. The standard InChI is InChI=1S/C8H15NO2/c1-4-7(3)11-8(10)5-6(2)9/h7,9H,4-5H2,1-3H3. The maximum absolute atomic E-state index is 10.9. The SMILES string of the molecule is CCC(C)OC(=O)CC(C)=N. The summed E-state index contributed by atoms with van der Waals surface area (Å²) in [5.74, 6) is -0.299. The molecule has 0 rings (SSSR count). The zero-order valence-electron chi connectivity index (χ0n) is 7.31. The predicted molar refractivity (Wildman–Crippen MR) is 43.9 cm³/mol. The van der Waals surface area contributed by atoms with Crippen molar-refractivity contribution < 1.29 is 9.53 Å². The normalized spacial score (nSPS) is 12.3. The summed E-state index contributed by atoms with van der Waals surface area (Å²) in [7, 11) is 0. The van der Waals surface area contributed by atoms with Gasteiger partial charge in [0.05, 0.1) is 12.5 Å². The van der Waals surface area contributed by atoms with Crippen LogP contribution in [0.15, 0.2) is 0 Å². The summed E-state index contributed by atoms with van der Waals surface area (Å²) in [5.41, 5.74) is 0.346. The fourth-order valence-corrected chi connectivity index (χ4v) is 0.566. The minimum absolute atomic E-state index is 0.0261. The molecule has 0 aliphatic carbocycles. The molecule has 0 bridgehead atoms. The molecule has 0 saturated heterocycles. The molecule has 0 fully saturated rings. The molecule has 0 aliphatic rings. The largest absolute Gasteiger partial charge is 0.462 e. The smallest absolute Gasteiger partial charge is 0.311 e. The predicted octanol–water partition coefficient (Wildman–Crippen LogP) is 1.76. The van der Waals surface area contributed by atoms with Crippen LogP contribution in [0.5, 0.6) is 0 Å². The Kier molecular flexibility index (Phi) is 4.50. The van der Waals surface area contributed by atoms with E-state index in [0.29, 0.717) is 5.71 Å². The van der Waals surface area contributed by atoms with Gasteiger partial charge in [-0.05, 0) is 20.3 Å². The first-order valence-corrected chi connectivity index (χ1v) is 3.79. The molecular weight excluding hydrogens is 142 g/mol. The number of hydrogen-bond acceptors (Lipinski definition) is 3. The molecule has 0 aliphatic heterocycles. The maximum Gasteiger partial charge on any atom is 0.311 e. The molecule has 11 heavy (non-hydrogen) atoms. The van der Waals surface area contributed by atoms with Gasteiger partial charge in [-0.2, -0.15) is 0 Å². The van der Waals surface area contributed by atoms with Crippen LogP contribution in [-0.4, -0.2) is 17.8 Å². The van der Waals surface area contributed by atoms with Crippen molar-refractivity contribution in [3.05, 3.63) is 0 Å². The molecule has 3 heteroatoms. The van der Waals surface area contributed by atoms with E-state index in [0.717, 1.165) is 6.42 Å². The van der Waals surface area contributed by atoms with Gasteiger partial charge in [0.25, 0.3) is 0 Å². The summed E-state index contributed by atoms with van der Waals surface area (Å²) in [6.45, 7) is 5.39. The van der Waals surface area contributed by atoms with Crippen LogP contribution in [0.25, 0.3) is 0 Å². The van der Waals surface area contributed by atoms with Gasteiger partial charge in [-0.1, -0.05) is 6.92 Å². The van der Waals surface area contributed by atoms with Crippen molar-refractivity contribution in [2.45, 2.75) is 39.7 Å². The van der Waals surface area contributed by atoms with Crippen molar-refractivity contribution in [2.75, 3.05) is 0 Å². The van der Waals surface area contributed by atoms with Gasteiger partial charge in [0.2, 0.25) is 0 Å². The van der Waals surface area contributed by atoms with E-state index >= 15 is 0 Å². The second-order valence-corrected chi connectivity index (χ2v) is 2.67. The molecular formula is C8H15NO2. The van der Waals surface area contributed by atoms with Gasteiger partial charge in [0, 0.05) is 5.71 Å². The zero-order valence-corrected chi connectivity index (χ0v) is 7.31. The van der Waals surface area contributed by atoms with E-state index in [1.807, 2.05) is 13.8 Å². The lowest BCUT2D eigenvalue weighted by Crippen LogP contribution is -2.15. The van der Waals surface area contributed by atoms with Crippen LogP contribution in [0.4, 0.5) is 0 Å². The molecule has 0 saturated carbocycles. The third-order valence-electron chi connectivity index (χ3n) is 1.32. The van der Waals surface area contributed by atoms with E-state index in [-0.39, 0.29) is 18.5 Å². The molecule has 1 N–H and O–H groups in total. The average Bonchev–Trinajstić information content (AvgIpc) is 1.85. The Morgan fingerprint density at radius 2 is 2.18 bits per heavy atom. The Bertz CT molecular complexity index is 154. The first-order chi connectivity index (χ1) is 5.06. The highest BCUT2D eigenvalue weighted by Gasteiger charge is 2.07. The summed E-state index contributed by atoms with van der Waals surface area (Å²) in [5, 5.41) is 7.03. The second-order valence-electron chi connectivity index (χ2n) is 2.67. The number of carbonyl (C=O) groups is 1. The Morgan fingerprint density at radius 1 is 1.64 bits per heavy atom. The fraction of sp³-hybridized carbons (Fsp3) is 0.750. The topological polar surface area (TPSA) is 50.2 Å². The Labute approximate surface area is 67.3 Å². The fourth-order valence-electron chi connectivity index (χ4n) is 0.566. The highest BCUT2D eigenvalue weighted by Crippen LogP contribution is 1.98. The van der Waals surface area contributed by atoms with Crippen molar-refractivity contribution in [1.29, 1.82) is 5.41 Å². The zero-order chi connectivity index (χ0) is 8.85. The molecule has 64 valence electrons. The monoisotopic (exact) mass is 157 g/mol. The van der Waals surface area contributed by atoms with Gasteiger partial charge in [0.15, 0.2) is 0 Å². The first kappa shape index (κ1) is 10.1. The Balaban J connectivity index is 3.60. The van der Waals surface area contributed by atoms with Crippen LogP contribution in [-0.2, 0) is 9.53 Å². The lowest BCUT2D eigenvalue weighted by molar-refractivity contribution is -0.146. The molecule has 0 spiro atoms. The average molecular weight is 157 g/mol. The molecule has 0 aromatic heterocycles. The van der Waals surface area contributed by atoms with E-state index in [9.17, 15) is 4.79 Å². The molecule has 0 radical (unpaired) electrons. The minimum atomic E-state index is -0.299. The molecule has 0 aromatic carbocycles. The third-order valence-corrected chi connectivity index (χ3v) is 1.32. The molecule has 1 unspecified atom stereocenters. The number of hydrogen-bond donors (Lipinski definition) is 1. The van der Waals surface area contributed by atoms with Crippen molar-refractivity contribution in [2.24, 2.45) is 0 Å². The quantitative estimate of drug-likeness (QED) is 0.499. The first-order valence-electron chi connectivity index (χ1n) is 3.79. The van der Waals surface area contributed by atoms with E-state index in [1.165, 1.54) is 0 Å². The van der Waals surface area contributed by atoms with Crippen LogP contribution in [0.3, 0.4) is 0 Å². The molecule has 0 heterocycles. The lowest BCUT2D eigenvalue weighted by Gasteiger charge is -2.09. The van der Waals surface area contributed by atoms with Crippen molar-refractivity contribution in [3.63, 3.8) is 0 Å². The van der Waals surface area contributed by atoms with Gasteiger partial charge < -0.3 is 10.1 Å². The van der Waals surface area contributed by atoms with E-state index < -0.39 is 0 Å². The molecule has 1 atom stereocenters. The summed E-state index contributed by atoms with van der Waals surface area (Å²) < 4.78 is 4.93. The van der Waals surface area contributed by atoms with Crippen LogP contribution in [0.1, 0.15) is 33.6 Å². The van der Waals surface area contributed by atoms with Gasteiger partial charge >= 0.3 is 5.97 Å². The summed E-state index contributed by atoms with van der Waals surface area (Å²) in [4.78, 5) is 10.9. The van der Waals surface area contributed by atoms with Crippen LogP contribution in [0.2, 0.25) is 0 Å². The van der Waals surface area contributed by atoms with Gasteiger partial charge in [-0.25, -0.2) is 0 Å². The van der Waals surface area contributed by atoms with Crippen LogP contribution >= 0.6 is 0 Å². The van der Waals surface area contributed by atoms with Crippen molar-refractivity contribution >= 4 is 11.7 Å². The lowest BCUT2D eigenvalue weighted by atomic mass is 10.3. The van der Waals surface area contributed by atoms with Gasteiger partial charge in [-0.15, -0.1) is 0 Å². The third kappa shape index (κ3) is 5.58. The Morgan fingerprint density at radius 3 is 2.55 bits per heavy atom.